The Morgan fingerprint density at radius 1 is 0.976 bits per heavy atom. The number of rotatable bonds is 10. The SMILES string of the molecule is CC(=O)C[C@@H](C=O)NC(=O)CN1C(=O)C(NC(=O)c2ccc(N(C)C)cc2)N=C(c2ccccc2)c2ccccc21. The number of aliphatic imine (C=N–C) groups is 1. The van der Waals surface area contributed by atoms with Crippen LogP contribution in [0, 0.1) is 0 Å². The highest BCUT2D eigenvalue weighted by molar-refractivity contribution is 6.21. The first-order chi connectivity index (χ1) is 19.7. The van der Waals surface area contributed by atoms with E-state index in [-0.39, 0.29) is 12.2 Å². The van der Waals surface area contributed by atoms with Crippen LogP contribution in [-0.4, -0.2) is 68.4 Å². The fourth-order valence-electron chi connectivity index (χ4n) is 4.47. The van der Waals surface area contributed by atoms with Crippen molar-refractivity contribution in [2.24, 2.45) is 4.99 Å². The van der Waals surface area contributed by atoms with E-state index >= 15 is 0 Å². The van der Waals surface area contributed by atoms with Gasteiger partial charge in [-0.2, -0.15) is 0 Å². The minimum Gasteiger partial charge on any atom is -0.378 e. The average molecular weight is 554 g/mol. The van der Waals surface area contributed by atoms with Crippen molar-refractivity contribution in [2.75, 3.05) is 30.4 Å². The van der Waals surface area contributed by atoms with Gasteiger partial charge in [-0.3, -0.25) is 24.1 Å². The Balaban J connectivity index is 1.72. The number of para-hydroxylation sites is 1. The summed E-state index contributed by atoms with van der Waals surface area (Å²) in [6, 6.07) is 22.1. The summed E-state index contributed by atoms with van der Waals surface area (Å²) in [6.07, 6.45) is -1.03. The second kappa shape index (κ2) is 12.8. The van der Waals surface area contributed by atoms with Gasteiger partial charge in [0.2, 0.25) is 12.1 Å². The Bertz CT molecular complexity index is 1480. The van der Waals surface area contributed by atoms with Crippen molar-refractivity contribution in [3.05, 3.63) is 95.6 Å². The molecule has 10 heteroatoms. The Kier molecular flexibility index (Phi) is 9.03. The predicted octanol–water partition coefficient (Wildman–Crippen LogP) is 2.36. The topological polar surface area (TPSA) is 128 Å². The largest absolute Gasteiger partial charge is 0.378 e. The van der Waals surface area contributed by atoms with E-state index in [4.69, 9.17) is 4.99 Å². The van der Waals surface area contributed by atoms with Gasteiger partial charge in [-0.25, -0.2) is 4.99 Å². The number of nitrogens with zero attached hydrogens (tertiary/aromatic N) is 3. The quantitative estimate of drug-likeness (QED) is 0.371. The van der Waals surface area contributed by atoms with Gasteiger partial charge in [-0.15, -0.1) is 0 Å². The number of anilines is 2. The number of amides is 3. The number of hydrogen-bond donors (Lipinski definition) is 2. The Morgan fingerprint density at radius 2 is 1.63 bits per heavy atom. The first kappa shape index (κ1) is 28.9. The standard InChI is InChI=1S/C31H31N5O5/c1-20(38)17-23(19-37)32-27(39)18-36-26-12-8-7-11-25(26)28(21-9-5-4-6-10-21)33-29(31(36)41)34-30(40)22-13-15-24(16-14-22)35(2)3/h4-16,19,23,29H,17-18H2,1-3H3,(H,32,39)(H,34,40)/t23-,29?/m0/s1. The Labute approximate surface area is 238 Å². The monoisotopic (exact) mass is 553 g/mol. The summed E-state index contributed by atoms with van der Waals surface area (Å²) >= 11 is 0. The summed E-state index contributed by atoms with van der Waals surface area (Å²) in [6.45, 7) is 0.862. The van der Waals surface area contributed by atoms with Crippen LogP contribution in [0.4, 0.5) is 11.4 Å². The van der Waals surface area contributed by atoms with E-state index < -0.39 is 36.5 Å². The smallest absolute Gasteiger partial charge is 0.272 e. The molecule has 10 nitrogen and oxygen atoms in total. The third-order valence-electron chi connectivity index (χ3n) is 6.49. The van der Waals surface area contributed by atoms with E-state index in [1.807, 2.05) is 49.3 Å². The van der Waals surface area contributed by atoms with E-state index in [9.17, 15) is 24.0 Å². The number of aldehydes is 1. The lowest BCUT2D eigenvalue weighted by Crippen LogP contribution is -2.51. The van der Waals surface area contributed by atoms with Crippen LogP contribution < -0.4 is 20.4 Å². The number of Topliss-reactive ketones (excluding diaryl/α,β-unsaturated/α-hetero) is 1. The van der Waals surface area contributed by atoms with Crippen LogP contribution in [0.25, 0.3) is 0 Å². The average Bonchev–Trinajstić information content (AvgIpc) is 3.07. The molecule has 41 heavy (non-hydrogen) atoms. The number of benzene rings is 3. The van der Waals surface area contributed by atoms with Crippen LogP contribution in [-0.2, 0) is 19.2 Å². The number of benzodiazepines with no additional fused rings is 1. The van der Waals surface area contributed by atoms with E-state index in [0.29, 0.717) is 28.8 Å². The van der Waals surface area contributed by atoms with Gasteiger partial charge in [0.25, 0.3) is 11.8 Å². The third kappa shape index (κ3) is 6.91. The minimum absolute atomic E-state index is 0.160. The summed E-state index contributed by atoms with van der Waals surface area (Å²) in [4.78, 5) is 71.0. The minimum atomic E-state index is -1.36. The van der Waals surface area contributed by atoms with Gasteiger partial charge in [0.1, 0.15) is 18.6 Å². The van der Waals surface area contributed by atoms with Gasteiger partial charge in [-0.1, -0.05) is 48.5 Å². The molecule has 0 fully saturated rings. The van der Waals surface area contributed by atoms with Crippen LogP contribution in [0.3, 0.4) is 0 Å². The maximum atomic E-state index is 14.0. The Morgan fingerprint density at radius 3 is 2.27 bits per heavy atom. The van der Waals surface area contributed by atoms with Gasteiger partial charge in [0.05, 0.1) is 17.4 Å². The number of fused-ring (bicyclic) bond motifs is 1. The molecule has 2 N–H and O–H groups in total. The zero-order valence-electron chi connectivity index (χ0n) is 23.0. The lowest BCUT2D eigenvalue weighted by Gasteiger charge is -2.25. The van der Waals surface area contributed by atoms with E-state index in [1.54, 1.807) is 48.5 Å². The molecule has 3 aromatic carbocycles. The zero-order chi connectivity index (χ0) is 29.5. The maximum absolute atomic E-state index is 14.0. The van der Waals surface area contributed by atoms with Crippen molar-refractivity contribution < 1.29 is 24.0 Å². The molecule has 3 amide bonds. The number of hydrogen-bond acceptors (Lipinski definition) is 7. The lowest BCUT2D eigenvalue weighted by atomic mass is 10.0. The predicted molar refractivity (Wildman–Crippen MR) is 156 cm³/mol. The van der Waals surface area contributed by atoms with Gasteiger partial charge in [0, 0.05) is 42.9 Å². The number of nitrogens with one attached hydrogen (secondary N) is 2. The summed E-state index contributed by atoms with van der Waals surface area (Å²) in [7, 11) is 3.78. The molecule has 0 saturated heterocycles. The fourth-order valence-corrected chi connectivity index (χ4v) is 4.47. The summed E-state index contributed by atoms with van der Waals surface area (Å²) < 4.78 is 0. The maximum Gasteiger partial charge on any atom is 0.272 e. The van der Waals surface area contributed by atoms with Crippen molar-refractivity contribution >= 4 is 46.9 Å². The van der Waals surface area contributed by atoms with Crippen LogP contribution in [0.15, 0.2) is 83.9 Å². The van der Waals surface area contributed by atoms with Crippen LogP contribution >= 0.6 is 0 Å². The Hall–Kier alpha value is -5.12. The van der Waals surface area contributed by atoms with Crippen LogP contribution in [0.2, 0.25) is 0 Å². The fraction of sp³-hybridized carbons (Fsp3) is 0.226. The molecule has 4 rings (SSSR count). The molecule has 0 aromatic heterocycles. The third-order valence-corrected chi connectivity index (χ3v) is 6.49. The van der Waals surface area contributed by atoms with Gasteiger partial charge < -0.3 is 20.3 Å². The molecule has 1 unspecified atom stereocenters. The summed E-state index contributed by atoms with van der Waals surface area (Å²) in [5.74, 6) is -2.05. The van der Waals surface area contributed by atoms with E-state index in [2.05, 4.69) is 10.6 Å². The summed E-state index contributed by atoms with van der Waals surface area (Å²) in [5, 5.41) is 5.23. The number of carbonyl (C=O) groups excluding carboxylic acids is 5. The molecule has 210 valence electrons. The molecule has 3 aromatic rings. The molecule has 0 saturated carbocycles. The molecule has 1 aliphatic heterocycles. The molecule has 0 bridgehead atoms. The highest BCUT2D eigenvalue weighted by Gasteiger charge is 2.34. The summed E-state index contributed by atoms with van der Waals surface area (Å²) in [5.41, 5.74) is 3.43. The number of carbonyl (C=O) groups is 5. The molecule has 0 aliphatic carbocycles. The van der Waals surface area contributed by atoms with Gasteiger partial charge in [0.15, 0.2) is 0 Å². The van der Waals surface area contributed by atoms with Crippen molar-refractivity contribution in [1.29, 1.82) is 0 Å². The van der Waals surface area contributed by atoms with Crippen molar-refractivity contribution in [3.8, 4) is 0 Å². The first-order valence-electron chi connectivity index (χ1n) is 13.0. The van der Waals surface area contributed by atoms with Crippen molar-refractivity contribution in [3.63, 3.8) is 0 Å². The van der Waals surface area contributed by atoms with Crippen molar-refractivity contribution in [1.82, 2.24) is 10.6 Å². The molecular weight excluding hydrogens is 522 g/mol. The second-order valence-electron chi connectivity index (χ2n) is 9.82. The van der Waals surface area contributed by atoms with Crippen LogP contribution in [0.5, 0.6) is 0 Å². The lowest BCUT2D eigenvalue weighted by molar-refractivity contribution is -0.126. The molecule has 1 aliphatic rings. The molecular formula is C31H31N5O5. The van der Waals surface area contributed by atoms with Crippen LogP contribution in [0.1, 0.15) is 34.8 Å². The molecule has 1 heterocycles. The highest BCUT2D eigenvalue weighted by Crippen LogP contribution is 2.28. The first-order valence-corrected chi connectivity index (χ1v) is 13.0. The second-order valence-corrected chi connectivity index (χ2v) is 9.82. The van der Waals surface area contributed by atoms with Crippen molar-refractivity contribution in [2.45, 2.75) is 25.6 Å². The molecule has 2 atom stereocenters. The molecule has 0 radical (unpaired) electrons. The zero-order valence-corrected chi connectivity index (χ0v) is 23.0. The highest BCUT2D eigenvalue weighted by atomic mass is 16.2. The van der Waals surface area contributed by atoms with E-state index in [0.717, 1.165) is 11.3 Å². The number of ketones is 1. The normalized spacial score (nSPS) is 15.1. The molecule has 0 spiro atoms. The van der Waals surface area contributed by atoms with Gasteiger partial charge >= 0.3 is 0 Å². The van der Waals surface area contributed by atoms with E-state index in [1.165, 1.54) is 11.8 Å². The van der Waals surface area contributed by atoms with Gasteiger partial charge in [-0.05, 0) is 37.3 Å².